The largest absolute Gasteiger partial charge is 0.294 e. The molecule has 3 heteroatoms. The van der Waals surface area contributed by atoms with Gasteiger partial charge in [0.25, 0.3) is 0 Å². The van der Waals surface area contributed by atoms with E-state index in [1.54, 1.807) is 7.05 Å². The predicted molar refractivity (Wildman–Crippen MR) is 112 cm³/mol. The van der Waals surface area contributed by atoms with Gasteiger partial charge in [-0.1, -0.05) is 44.0 Å². The van der Waals surface area contributed by atoms with Gasteiger partial charge in [0.1, 0.15) is 0 Å². The highest BCUT2D eigenvalue weighted by molar-refractivity contribution is 6.03. The summed E-state index contributed by atoms with van der Waals surface area (Å²) in [6, 6.07) is 15.7. The molecular formula is C24H28N2O. The Morgan fingerprint density at radius 1 is 1.19 bits per heavy atom. The number of ketones is 1. The van der Waals surface area contributed by atoms with Crippen molar-refractivity contribution in [1.29, 1.82) is 5.26 Å². The van der Waals surface area contributed by atoms with Gasteiger partial charge in [-0.15, -0.1) is 0 Å². The number of aliphatic imine (C=N–C) groups is 1. The van der Waals surface area contributed by atoms with Gasteiger partial charge in [-0.2, -0.15) is 5.26 Å². The predicted octanol–water partition coefficient (Wildman–Crippen LogP) is 5.85. The van der Waals surface area contributed by atoms with Crippen LogP contribution in [-0.2, 0) is 0 Å². The van der Waals surface area contributed by atoms with Crippen LogP contribution in [0.25, 0.3) is 0 Å². The average molecular weight is 361 g/mol. The normalized spacial score (nSPS) is 12.5. The van der Waals surface area contributed by atoms with Crippen molar-refractivity contribution < 1.29 is 4.79 Å². The Labute approximate surface area is 162 Å². The Morgan fingerprint density at radius 3 is 2.48 bits per heavy atom. The van der Waals surface area contributed by atoms with E-state index in [1.165, 1.54) is 0 Å². The highest BCUT2D eigenvalue weighted by atomic mass is 16.1. The van der Waals surface area contributed by atoms with Gasteiger partial charge in [-0.05, 0) is 61.1 Å². The van der Waals surface area contributed by atoms with Gasteiger partial charge in [0, 0.05) is 24.7 Å². The van der Waals surface area contributed by atoms with Gasteiger partial charge >= 0.3 is 0 Å². The first-order valence-electron chi connectivity index (χ1n) is 9.57. The first kappa shape index (κ1) is 20.6. The zero-order valence-electron chi connectivity index (χ0n) is 16.7. The molecule has 0 N–H and O–H groups in total. The average Bonchev–Trinajstić information content (AvgIpc) is 2.70. The molecule has 0 bridgehead atoms. The highest BCUT2D eigenvalue weighted by Crippen LogP contribution is 2.28. The molecule has 3 nitrogen and oxygen atoms in total. The van der Waals surface area contributed by atoms with E-state index < -0.39 is 0 Å². The maximum atomic E-state index is 13.0. The number of nitrogens with zero attached hydrogens (tertiary/aromatic N) is 2. The molecule has 2 rings (SSSR count). The lowest BCUT2D eigenvalue weighted by atomic mass is 9.86. The zero-order chi connectivity index (χ0) is 19.8. The van der Waals surface area contributed by atoms with E-state index in [2.05, 4.69) is 18.0 Å². The van der Waals surface area contributed by atoms with E-state index >= 15 is 0 Å². The van der Waals surface area contributed by atoms with Crippen molar-refractivity contribution in [3.05, 3.63) is 70.3 Å². The number of carbonyl (C=O) groups excluding carboxylic acids is 1. The van der Waals surface area contributed by atoms with Crippen LogP contribution in [-0.4, -0.2) is 18.5 Å². The second kappa shape index (κ2) is 9.83. The fourth-order valence-corrected chi connectivity index (χ4v) is 3.31. The van der Waals surface area contributed by atoms with Gasteiger partial charge in [-0.25, -0.2) is 0 Å². The van der Waals surface area contributed by atoms with Crippen LogP contribution in [0.1, 0.15) is 78.1 Å². The molecule has 0 aliphatic heterocycles. The summed E-state index contributed by atoms with van der Waals surface area (Å²) in [4.78, 5) is 17.3. The standard InChI is InChI=1S/C24H28N2O/c1-5-6-7-21(20-12-9-19(16-25)10-13-20)15-24(27)22-11-8-17(2)23(14-22)18(3)26-4/h8-14,21H,5-7,15H2,1-4H3/t21-/m1/s1. The number of hydrogen-bond acceptors (Lipinski definition) is 3. The van der Waals surface area contributed by atoms with Crippen LogP contribution in [0, 0.1) is 18.3 Å². The molecule has 2 aromatic carbocycles. The minimum Gasteiger partial charge on any atom is -0.294 e. The van der Waals surface area contributed by atoms with Crippen molar-refractivity contribution in [2.24, 2.45) is 4.99 Å². The van der Waals surface area contributed by atoms with Crippen molar-refractivity contribution in [2.75, 3.05) is 7.05 Å². The van der Waals surface area contributed by atoms with Crippen LogP contribution in [0.3, 0.4) is 0 Å². The Kier molecular flexibility index (Phi) is 7.49. The van der Waals surface area contributed by atoms with Crippen LogP contribution < -0.4 is 0 Å². The smallest absolute Gasteiger partial charge is 0.163 e. The lowest BCUT2D eigenvalue weighted by Crippen LogP contribution is -2.10. The Hall–Kier alpha value is -2.73. The Morgan fingerprint density at radius 2 is 1.89 bits per heavy atom. The van der Waals surface area contributed by atoms with Crippen LogP contribution in [0.2, 0.25) is 0 Å². The van der Waals surface area contributed by atoms with Crippen LogP contribution in [0.5, 0.6) is 0 Å². The third-order valence-electron chi connectivity index (χ3n) is 5.13. The van der Waals surface area contributed by atoms with Crippen LogP contribution in [0.4, 0.5) is 0 Å². The number of unbranched alkanes of at least 4 members (excludes halogenated alkanes) is 1. The van der Waals surface area contributed by atoms with Crippen molar-refractivity contribution in [3.63, 3.8) is 0 Å². The van der Waals surface area contributed by atoms with E-state index in [1.807, 2.05) is 56.3 Å². The molecule has 0 aromatic heterocycles. The van der Waals surface area contributed by atoms with E-state index in [0.29, 0.717) is 12.0 Å². The molecule has 0 amide bonds. The van der Waals surface area contributed by atoms with Gasteiger partial charge in [0.2, 0.25) is 0 Å². The second-order valence-electron chi connectivity index (χ2n) is 7.04. The summed E-state index contributed by atoms with van der Waals surface area (Å²) in [5.74, 6) is 0.335. The minimum absolute atomic E-state index is 0.158. The molecule has 140 valence electrons. The van der Waals surface area contributed by atoms with E-state index in [0.717, 1.165) is 47.2 Å². The first-order chi connectivity index (χ1) is 13.0. The van der Waals surface area contributed by atoms with Crippen LogP contribution >= 0.6 is 0 Å². The third-order valence-corrected chi connectivity index (χ3v) is 5.13. The molecule has 27 heavy (non-hydrogen) atoms. The maximum absolute atomic E-state index is 13.0. The molecule has 0 aliphatic carbocycles. The van der Waals surface area contributed by atoms with Crippen molar-refractivity contribution in [1.82, 2.24) is 0 Å². The SMILES string of the molecule is CCCC[C@H](CC(=O)c1ccc(C)c(C(C)=NC)c1)c1ccc(C#N)cc1. The van der Waals surface area contributed by atoms with Crippen molar-refractivity contribution in [3.8, 4) is 6.07 Å². The Bertz CT molecular complexity index is 857. The second-order valence-corrected chi connectivity index (χ2v) is 7.04. The summed E-state index contributed by atoms with van der Waals surface area (Å²) in [5, 5.41) is 9.00. The summed E-state index contributed by atoms with van der Waals surface area (Å²) in [7, 11) is 1.77. The minimum atomic E-state index is 0.158. The third kappa shape index (κ3) is 5.37. The molecule has 0 saturated heterocycles. The quantitative estimate of drug-likeness (QED) is 0.438. The number of carbonyl (C=O) groups is 1. The number of rotatable bonds is 8. The van der Waals surface area contributed by atoms with E-state index in [4.69, 9.17) is 5.26 Å². The lowest BCUT2D eigenvalue weighted by Gasteiger charge is -2.17. The van der Waals surface area contributed by atoms with Gasteiger partial charge in [-0.3, -0.25) is 9.79 Å². The lowest BCUT2D eigenvalue weighted by molar-refractivity contribution is 0.0972. The number of benzene rings is 2. The molecule has 0 fully saturated rings. The maximum Gasteiger partial charge on any atom is 0.163 e. The molecular weight excluding hydrogens is 332 g/mol. The number of nitriles is 1. The van der Waals surface area contributed by atoms with Crippen molar-refractivity contribution in [2.45, 2.75) is 52.4 Å². The molecule has 0 aliphatic rings. The van der Waals surface area contributed by atoms with Gasteiger partial charge in [0.15, 0.2) is 5.78 Å². The summed E-state index contributed by atoms with van der Waals surface area (Å²) >= 11 is 0. The fraction of sp³-hybridized carbons (Fsp3) is 0.375. The Balaban J connectivity index is 2.26. The molecule has 0 saturated carbocycles. The zero-order valence-corrected chi connectivity index (χ0v) is 16.7. The molecule has 2 aromatic rings. The fourth-order valence-electron chi connectivity index (χ4n) is 3.31. The summed E-state index contributed by atoms with van der Waals surface area (Å²) < 4.78 is 0. The van der Waals surface area contributed by atoms with Gasteiger partial charge < -0.3 is 0 Å². The number of Topliss-reactive ketones (excluding diaryl/α,β-unsaturated/α-hetero) is 1. The molecule has 1 atom stereocenters. The topological polar surface area (TPSA) is 53.2 Å². The number of aryl methyl sites for hydroxylation is 1. The van der Waals surface area contributed by atoms with E-state index in [-0.39, 0.29) is 11.7 Å². The summed E-state index contributed by atoms with van der Waals surface area (Å²) in [6.07, 6.45) is 3.64. The number of hydrogen-bond donors (Lipinski definition) is 0. The van der Waals surface area contributed by atoms with Crippen LogP contribution in [0.15, 0.2) is 47.5 Å². The molecule has 0 unspecified atom stereocenters. The highest BCUT2D eigenvalue weighted by Gasteiger charge is 2.18. The molecule has 0 spiro atoms. The molecule has 0 radical (unpaired) electrons. The summed E-state index contributed by atoms with van der Waals surface area (Å²) in [6.45, 7) is 6.17. The first-order valence-corrected chi connectivity index (χ1v) is 9.57. The summed E-state index contributed by atoms with van der Waals surface area (Å²) in [5.41, 5.74) is 5.63. The van der Waals surface area contributed by atoms with Gasteiger partial charge in [0.05, 0.1) is 11.6 Å². The monoisotopic (exact) mass is 360 g/mol. The molecule has 0 heterocycles. The van der Waals surface area contributed by atoms with E-state index in [9.17, 15) is 4.79 Å². The van der Waals surface area contributed by atoms with Crippen molar-refractivity contribution >= 4 is 11.5 Å².